The topological polar surface area (TPSA) is 59.8 Å². The van der Waals surface area contributed by atoms with Crippen LogP contribution in [0.4, 0.5) is 5.69 Å². The molecule has 25 heavy (non-hydrogen) atoms. The molecule has 2 aliphatic heterocycles. The maximum absolute atomic E-state index is 6.36. The average molecular weight is 345 g/mol. The van der Waals surface area contributed by atoms with Crippen molar-refractivity contribution in [1.82, 2.24) is 10.2 Å². The van der Waals surface area contributed by atoms with Crippen molar-refractivity contribution in [2.24, 2.45) is 0 Å². The van der Waals surface area contributed by atoms with Crippen LogP contribution in [0.25, 0.3) is 0 Å². The van der Waals surface area contributed by atoms with Crippen LogP contribution in [0.2, 0.25) is 0 Å². The van der Waals surface area contributed by atoms with E-state index in [0.29, 0.717) is 0 Å². The second-order valence-electron chi connectivity index (χ2n) is 8.40. The van der Waals surface area contributed by atoms with Crippen LogP contribution in [0.3, 0.4) is 0 Å². The molecule has 3 rings (SSSR count). The lowest BCUT2D eigenvalue weighted by molar-refractivity contribution is 0.00578. The highest BCUT2D eigenvalue weighted by Gasteiger charge is 2.52. The molecule has 0 atom stereocenters. The van der Waals surface area contributed by atoms with Crippen LogP contribution in [0.15, 0.2) is 6.07 Å². The molecule has 2 aliphatic rings. The molecule has 138 valence electrons. The molecule has 3 N–H and O–H groups in total. The third-order valence-electron chi connectivity index (χ3n) is 6.14. The Bertz CT molecular complexity index is 639. The van der Waals surface area contributed by atoms with Crippen LogP contribution in [0, 0.1) is 13.8 Å². The number of hydrogen-bond donors (Lipinski definition) is 2. The average Bonchev–Trinajstić information content (AvgIpc) is 2.74. The Balaban J connectivity index is 1.94. The standard InChI is InChI=1S/C19H32BN3O2/c1-13-15(12-23-9-7-22-8-10-23)11-16(21)14(2)17(13)20-24-18(3,4)19(5,6)25-20/h11,22H,7-10,12,21H2,1-6H3. The maximum Gasteiger partial charge on any atom is 0.495 e. The van der Waals surface area contributed by atoms with E-state index in [1.54, 1.807) is 0 Å². The van der Waals surface area contributed by atoms with Crippen molar-refractivity contribution in [3.8, 4) is 0 Å². The van der Waals surface area contributed by atoms with E-state index < -0.39 is 0 Å². The predicted octanol–water partition coefficient (Wildman–Crippen LogP) is 1.59. The Morgan fingerprint density at radius 1 is 1.08 bits per heavy atom. The molecule has 0 bridgehead atoms. The van der Waals surface area contributed by atoms with Crippen LogP contribution < -0.4 is 16.5 Å². The molecular formula is C19H32BN3O2. The highest BCUT2D eigenvalue weighted by molar-refractivity contribution is 6.63. The van der Waals surface area contributed by atoms with E-state index in [0.717, 1.165) is 49.4 Å². The summed E-state index contributed by atoms with van der Waals surface area (Å²) in [7, 11) is -0.365. The fourth-order valence-electron chi connectivity index (χ4n) is 3.60. The number of nitrogens with one attached hydrogen (secondary N) is 1. The van der Waals surface area contributed by atoms with Gasteiger partial charge in [-0.25, -0.2) is 0 Å². The molecule has 6 heteroatoms. The fraction of sp³-hybridized carbons (Fsp3) is 0.684. The SMILES string of the molecule is Cc1c(N)cc(CN2CCNCC2)c(C)c1B1OC(C)(C)C(C)(C)O1. The van der Waals surface area contributed by atoms with Crippen molar-refractivity contribution >= 4 is 18.3 Å². The normalized spacial score (nSPS) is 23.2. The summed E-state index contributed by atoms with van der Waals surface area (Å²) in [4.78, 5) is 2.47. The first-order chi connectivity index (χ1) is 11.6. The van der Waals surface area contributed by atoms with E-state index >= 15 is 0 Å². The van der Waals surface area contributed by atoms with Gasteiger partial charge in [-0.2, -0.15) is 0 Å². The minimum absolute atomic E-state index is 0.347. The summed E-state index contributed by atoms with van der Waals surface area (Å²) in [6.45, 7) is 17.7. The third-order valence-corrected chi connectivity index (χ3v) is 6.14. The zero-order chi connectivity index (χ0) is 18.4. The van der Waals surface area contributed by atoms with Gasteiger partial charge >= 0.3 is 7.12 Å². The predicted molar refractivity (Wildman–Crippen MR) is 104 cm³/mol. The summed E-state index contributed by atoms with van der Waals surface area (Å²) in [6.07, 6.45) is 0. The number of rotatable bonds is 3. The Morgan fingerprint density at radius 3 is 2.20 bits per heavy atom. The molecule has 0 aromatic heterocycles. The first-order valence-corrected chi connectivity index (χ1v) is 9.29. The highest BCUT2D eigenvalue weighted by atomic mass is 16.7. The van der Waals surface area contributed by atoms with Crippen molar-refractivity contribution < 1.29 is 9.31 Å². The van der Waals surface area contributed by atoms with Crippen LogP contribution in [-0.4, -0.2) is 49.4 Å². The van der Waals surface area contributed by atoms with E-state index in [4.69, 9.17) is 15.0 Å². The van der Waals surface area contributed by atoms with Gasteiger partial charge in [-0.05, 0) is 69.8 Å². The number of hydrogen-bond acceptors (Lipinski definition) is 5. The summed E-state index contributed by atoms with van der Waals surface area (Å²) in [5, 5.41) is 3.40. The molecule has 5 nitrogen and oxygen atoms in total. The van der Waals surface area contributed by atoms with Crippen molar-refractivity contribution in [2.45, 2.75) is 59.3 Å². The van der Waals surface area contributed by atoms with Crippen molar-refractivity contribution in [2.75, 3.05) is 31.9 Å². The van der Waals surface area contributed by atoms with E-state index in [-0.39, 0.29) is 18.3 Å². The largest absolute Gasteiger partial charge is 0.495 e. The second-order valence-corrected chi connectivity index (χ2v) is 8.40. The maximum atomic E-state index is 6.36. The molecule has 0 spiro atoms. The van der Waals surface area contributed by atoms with Crippen LogP contribution in [0.1, 0.15) is 44.4 Å². The number of piperazine rings is 1. The summed E-state index contributed by atoms with van der Waals surface area (Å²) < 4.78 is 12.6. The molecular weight excluding hydrogens is 313 g/mol. The van der Waals surface area contributed by atoms with Crippen LogP contribution in [0.5, 0.6) is 0 Å². The highest BCUT2D eigenvalue weighted by Crippen LogP contribution is 2.37. The van der Waals surface area contributed by atoms with Gasteiger partial charge in [-0.15, -0.1) is 0 Å². The van der Waals surface area contributed by atoms with Gasteiger partial charge in [0.2, 0.25) is 0 Å². The lowest BCUT2D eigenvalue weighted by atomic mass is 9.71. The minimum atomic E-state index is -0.365. The third kappa shape index (κ3) is 3.45. The van der Waals surface area contributed by atoms with Gasteiger partial charge in [0.25, 0.3) is 0 Å². The van der Waals surface area contributed by atoms with Gasteiger partial charge in [-0.3, -0.25) is 4.90 Å². The summed E-state index contributed by atoms with van der Waals surface area (Å²) in [6, 6.07) is 2.13. The second kappa shape index (κ2) is 6.58. The molecule has 1 aromatic rings. The summed E-state index contributed by atoms with van der Waals surface area (Å²) in [5.74, 6) is 0. The molecule has 1 aromatic carbocycles. The smallest absolute Gasteiger partial charge is 0.399 e. The van der Waals surface area contributed by atoms with Gasteiger partial charge in [-0.1, -0.05) is 0 Å². The van der Waals surface area contributed by atoms with E-state index in [1.807, 2.05) is 0 Å². The summed E-state index contributed by atoms with van der Waals surface area (Å²) >= 11 is 0. The zero-order valence-corrected chi connectivity index (χ0v) is 16.5. The molecule has 2 saturated heterocycles. The minimum Gasteiger partial charge on any atom is -0.399 e. The number of nitrogens with zero attached hydrogens (tertiary/aromatic N) is 1. The molecule has 0 aliphatic carbocycles. The Labute approximate surface area is 152 Å². The van der Waals surface area contributed by atoms with Gasteiger partial charge in [0, 0.05) is 38.4 Å². The Hall–Kier alpha value is -1.08. The molecule has 2 fully saturated rings. The van der Waals surface area contributed by atoms with Crippen molar-refractivity contribution in [3.05, 3.63) is 22.8 Å². The monoisotopic (exact) mass is 345 g/mol. The molecule has 0 unspecified atom stereocenters. The lowest BCUT2D eigenvalue weighted by Crippen LogP contribution is -2.44. The van der Waals surface area contributed by atoms with Crippen LogP contribution in [-0.2, 0) is 15.9 Å². The van der Waals surface area contributed by atoms with Crippen molar-refractivity contribution in [3.63, 3.8) is 0 Å². The van der Waals surface area contributed by atoms with Crippen molar-refractivity contribution in [1.29, 1.82) is 0 Å². The number of benzene rings is 1. The first-order valence-electron chi connectivity index (χ1n) is 9.29. The molecule has 0 amide bonds. The lowest BCUT2D eigenvalue weighted by Gasteiger charge is -2.32. The van der Waals surface area contributed by atoms with E-state index in [2.05, 4.69) is 57.8 Å². The zero-order valence-electron chi connectivity index (χ0n) is 16.5. The molecule has 2 heterocycles. The number of nitrogen functional groups attached to an aromatic ring is 1. The molecule has 0 radical (unpaired) electrons. The quantitative estimate of drug-likeness (QED) is 0.644. The van der Waals surface area contributed by atoms with E-state index in [1.165, 1.54) is 11.1 Å². The number of anilines is 1. The van der Waals surface area contributed by atoms with E-state index in [9.17, 15) is 0 Å². The number of nitrogens with two attached hydrogens (primary N) is 1. The Kier molecular flexibility index (Phi) is 4.92. The summed E-state index contributed by atoms with van der Waals surface area (Å²) in [5.41, 5.74) is 11.2. The first kappa shape index (κ1) is 18.7. The molecule has 0 saturated carbocycles. The van der Waals surface area contributed by atoms with Gasteiger partial charge in [0.15, 0.2) is 0 Å². The fourth-order valence-corrected chi connectivity index (χ4v) is 3.60. The van der Waals surface area contributed by atoms with Crippen LogP contribution >= 0.6 is 0 Å². The van der Waals surface area contributed by atoms with Gasteiger partial charge < -0.3 is 20.4 Å². The van der Waals surface area contributed by atoms with Gasteiger partial charge in [0.05, 0.1) is 11.2 Å². The Morgan fingerprint density at radius 2 is 1.64 bits per heavy atom. The van der Waals surface area contributed by atoms with Gasteiger partial charge in [0.1, 0.15) is 0 Å².